The van der Waals surface area contributed by atoms with E-state index in [-0.39, 0.29) is 23.7 Å². The number of aryl methyl sites for hydroxylation is 3. The number of fused-ring (bicyclic) bond motifs is 3. The Kier molecular flexibility index (Phi) is 6.77. The molecule has 2 bridgehead atoms. The van der Waals surface area contributed by atoms with Gasteiger partial charge in [0.15, 0.2) is 0 Å². The van der Waals surface area contributed by atoms with E-state index in [0.717, 1.165) is 23.4 Å². The molecule has 1 atom stereocenters. The Morgan fingerprint density at radius 2 is 1.91 bits per heavy atom. The first kappa shape index (κ1) is 25.0. The predicted octanol–water partition coefficient (Wildman–Crippen LogP) is 4.46. The van der Waals surface area contributed by atoms with E-state index < -0.39 is 16.6 Å². The molecule has 0 saturated carbocycles. The lowest BCUT2D eigenvalue weighted by Crippen LogP contribution is -2.46. The van der Waals surface area contributed by atoms with Crippen LogP contribution < -0.4 is 4.90 Å². The van der Waals surface area contributed by atoms with E-state index in [9.17, 15) is 14.9 Å². The van der Waals surface area contributed by atoms with Crippen molar-refractivity contribution in [3.05, 3.63) is 50.7 Å². The van der Waals surface area contributed by atoms with Crippen LogP contribution >= 0.6 is 0 Å². The Bertz CT molecular complexity index is 1140. The van der Waals surface area contributed by atoms with Crippen LogP contribution in [-0.4, -0.2) is 56.1 Å². The van der Waals surface area contributed by atoms with Crippen LogP contribution in [0.3, 0.4) is 0 Å². The normalized spacial score (nSPS) is 21.6. The van der Waals surface area contributed by atoms with Gasteiger partial charge in [0, 0.05) is 24.4 Å². The largest absolute Gasteiger partial charge is 0.443 e. The highest BCUT2D eigenvalue weighted by atomic mass is 16.6. The zero-order valence-electron chi connectivity index (χ0n) is 21.4. The molecule has 3 aliphatic rings. The molecule has 10 nitrogen and oxygen atoms in total. The Morgan fingerprint density at radius 1 is 1.23 bits per heavy atom. The third-order valence-corrected chi connectivity index (χ3v) is 6.81. The second-order valence-corrected chi connectivity index (χ2v) is 10.6. The molecule has 3 fully saturated rings. The molecule has 1 amide bonds. The van der Waals surface area contributed by atoms with Crippen LogP contribution in [0.4, 0.5) is 16.3 Å². The lowest BCUT2D eigenvalue weighted by atomic mass is 9.77. The molecule has 5 rings (SSSR count). The van der Waals surface area contributed by atoms with Crippen molar-refractivity contribution in [1.29, 1.82) is 0 Å². The van der Waals surface area contributed by atoms with Crippen molar-refractivity contribution in [2.45, 2.75) is 72.4 Å². The number of carbonyl (C=O) groups excluding carboxylic acids is 1. The second kappa shape index (κ2) is 9.49. The lowest BCUT2D eigenvalue weighted by Gasteiger charge is -2.44. The number of anilines is 1. The molecule has 0 aliphatic carbocycles. The van der Waals surface area contributed by atoms with Gasteiger partial charge >= 0.3 is 11.8 Å². The summed E-state index contributed by atoms with van der Waals surface area (Å²) in [5, 5.41) is 11.9. The fraction of sp³-hybridized carbons (Fsp3) is 0.600. The molecule has 0 spiro atoms. The number of aromatic nitrogens is 3. The van der Waals surface area contributed by atoms with Gasteiger partial charge in [-0.1, -0.05) is 0 Å². The summed E-state index contributed by atoms with van der Waals surface area (Å²) in [7, 11) is 0. The summed E-state index contributed by atoms with van der Waals surface area (Å²) in [6.07, 6.45) is 3.48. The molecule has 0 radical (unpaired) electrons. The fourth-order valence-electron chi connectivity index (χ4n) is 5.08. The van der Waals surface area contributed by atoms with Crippen molar-refractivity contribution in [1.82, 2.24) is 19.9 Å². The molecular weight excluding hydrogens is 448 g/mol. The highest BCUT2D eigenvalue weighted by molar-refractivity contribution is 5.89. The van der Waals surface area contributed by atoms with E-state index in [4.69, 9.17) is 9.72 Å². The van der Waals surface area contributed by atoms with Crippen LogP contribution in [0, 0.1) is 36.8 Å². The topological polar surface area (TPSA) is 115 Å². The minimum atomic E-state index is -0.784. The molecule has 10 heteroatoms. The Balaban J connectivity index is 1.69. The van der Waals surface area contributed by atoms with E-state index in [0.29, 0.717) is 17.7 Å². The molecule has 188 valence electrons. The molecule has 1 unspecified atom stereocenters. The van der Waals surface area contributed by atoms with Gasteiger partial charge in [0.05, 0.1) is 11.5 Å². The van der Waals surface area contributed by atoms with Gasteiger partial charge in [-0.25, -0.2) is 14.8 Å². The van der Waals surface area contributed by atoms with Crippen LogP contribution in [0.1, 0.15) is 67.9 Å². The average molecular weight is 483 g/mol. The third kappa shape index (κ3) is 5.42. The van der Waals surface area contributed by atoms with E-state index in [1.54, 1.807) is 40.8 Å². The van der Waals surface area contributed by atoms with E-state index in [1.165, 1.54) is 30.8 Å². The van der Waals surface area contributed by atoms with Crippen molar-refractivity contribution < 1.29 is 14.5 Å². The van der Waals surface area contributed by atoms with Crippen molar-refractivity contribution >= 4 is 17.6 Å². The van der Waals surface area contributed by atoms with Gasteiger partial charge < -0.3 is 9.64 Å². The van der Waals surface area contributed by atoms with Gasteiger partial charge in [0.1, 0.15) is 17.1 Å². The quantitative estimate of drug-likeness (QED) is 0.453. The van der Waals surface area contributed by atoms with Gasteiger partial charge in [-0.2, -0.15) is 0 Å². The zero-order chi connectivity index (χ0) is 25.5. The third-order valence-electron chi connectivity index (χ3n) is 6.81. The summed E-state index contributed by atoms with van der Waals surface area (Å²) < 4.78 is 5.61. The van der Waals surface area contributed by atoms with Crippen molar-refractivity contribution in [3.63, 3.8) is 0 Å². The Hall–Kier alpha value is -3.14. The van der Waals surface area contributed by atoms with Crippen molar-refractivity contribution in [2.24, 2.45) is 5.92 Å². The van der Waals surface area contributed by atoms with Gasteiger partial charge in [-0.05, 0) is 90.6 Å². The van der Waals surface area contributed by atoms with Gasteiger partial charge in [0.2, 0.25) is 5.82 Å². The van der Waals surface area contributed by atoms with Gasteiger partial charge in [0.25, 0.3) is 0 Å². The lowest BCUT2D eigenvalue weighted by molar-refractivity contribution is -0.385. The minimum Gasteiger partial charge on any atom is -0.443 e. The van der Waals surface area contributed by atoms with Gasteiger partial charge in [-0.3, -0.25) is 20.0 Å². The molecule has 2 aromatic rings. The van der Waals surface area contributed by atoms with E-state index in [2.05, 4.69) is 20.9 Å². The van der Waals surface area contributed by atoms with Crippen LogP contribution in [0.15, 0.2) is 12.3 Å². The van der Waals surface area contributed by atoms with E-state index in [1.807, 2.05) is 6.92 Å². The number of hydrogen-bond donors (Lipinski definition) is 0. The summed E-state index contributed by atoms with van der Waals surface area (Å²) in [5.74, 6) is 1.34. The molecule has 35 heavy (non-hydrogen) atoms. The molecule has 3 aliphatic heterocycles. The number of piperidine rings is 3. The summed E-state index contributed by atoms with van der Waals surface area (Å²) in [6.45, 7) is 13.8. The van der Waals surface area contributed by atoms with Crippen LogP contribution in [0.5, 0.6) is 0 Å². The maximum absolute atomic E-state index is 13.3. The first-order valence-electron chi connectivity index (χ1n) is 12.1. The Morgan fingerprint density at radius 3 is 2.46 bits per heavy atom. The van der Waals surface area contributed by atoms with Crippen molar-refractivity contribution in [3.8, 4) is 0 Å². The highest BCUT2D eigenvalue weighted by Crippen LogP contribution is 2.39. The number of carbonyl (C=O) groups is 1. The summed E-state index contributed by atoms with van der Waals surface area (Å²) in [6, 6.07) is 2.10. The highest BCUT2D eigenvalue weighted by Gasteiger charge is 2.36. The maximum atomic E-state index is 13.3. The monoisotopic (exact) mass is 482 g/mol. The van der Waals surface area contributed by atoms with Gasteiger partial charge in [-0.15, -0.1) is 0 Å². The number of nitro groups is 1. The molecule has 0 aromatic carbocycles. The number of ether oxygens (including phenoxy) is 1. The molecule has 5 heterocycles. The average Bonchev–Trinajstić information content (AvgIpc) is 2.76. The van der Waals surface area contributed by atoms with E-state index >= 15 is 0 Å². The summed E-state index contributed by atoms with van der Waals surface area (Å²) in [4.78, 5) is 41.5. The molecule has 0 N–H and O–H groups in total. The first-order chi connectivity index (χ1) is 16.4. The Labute approximate surface area is 205 Å². The number of nitrogens with zero attached hydrogens (tertiary/aromatic N) is 6. The first-order valence-corrected chi connectivity index (χ1v) is 12.1. The second-order valence-electron chi connectivity index (χ2n) is 10.6. The zero-order valence-corrected chi connectivity index (χ0v) is 21.4. The van der Waals surface area contributed by atoms with Crippen LogP contribution in [-0.2, 0) is 11.3 Å². The summed E-state index contributed by atoms with van der Waals surface area (Å²) in [5.41, 5.74) is 1.93. The number of pyridine rings is 1. The predicted molar refractivity (Wildman–Crippen MR) is 131 cm³/mol. The number of hydrogen-bond acceptors (Lipinski definition) is 8. The standard InChI is InChI=1S/C25H34N6O4/c1-15-11-21(20-14-29-9-7-18(20)8-10-29)26-12-19(15)13-30(24(32)35-25(4,5)6)23-22(31(33)34)16(2)27-17(3)28-23/h11-12,18,20H,7-10,13-14H2,1-6H3. The molecule has 2 aromatic heterocycles. The van der Waals surface area contributed by atoms with Crippen LogP contribution in [0.25, 0.3) is 0 Å². The summed E-state index contributed by atoms with van der Waals surface area (Å²) >= 11 is 0. The minimum absolute atomic E-state index is 0.0466. The molecule has 3 saturated heterocycles. The van der Waals surface area contributed by atoms with Crippen molar-refractivity contribution in [2.75, 3.05) is 24.5 Å². The smallest absolute Gasteiger partial charge is 0.416 e. The number of amides is 1. The maximum Gasteiger partial charge on any atom is 0.416 e. The van der Waals surface area contributed by atoms with Crippen LogP contribution in [0.2, 0.25) is 0 Å². The molecular formula is C25H34N6O4. The SMILES string of the molecule is Cc1nc(C)c([N+](=O)[O-])c(N(Cc2cnc(C3CN4CCC3CC4)cc2C)C(=O)OC(C)(C)C)n1. The number of rotatable bonds is 5. The fourth-order valence-corrected chi connectivity index (χ4v) is 5.08.